The maximum atomic E-state index is 11.3. The van der Waals surface area contributed by atoms with E-state index in [1.807, 2.05) is 20.8 Å². The summed E-state index contributed by atoms with van der Waals surface area (Å²) in [4.78, 5) is 11.3. The first-order valence-electron chi connectivity index (χ1n) is 5.03. The number of ether oxygens (including phenoxy) is 1. The fraction of sp³-hybridized carbons (Fsp3) is 0.900. The van der Waals surface area contributed by atoms with Gasteiger partial charge >= 0.3 is 6.09 Å². The van der Waals surface area contributed by atoms with Gasteiger partial charge in [0.2, 0.25) is 0 Å². The lowest BCUT2D eigenvalue weighted by Crippen LogP contribution is -2.34. The number of rotatable bonds is 3. The van der Waals surface area contributed by atoms with Crippen molar-refractivity contribution in [1.82, 2.24) is 5.32 Å². The first-order valence-corrected chi connectivity index (χ1v) is 5.03. The molecule has 82 valence electrons. The van der Waals surface area contributed by atoms with E-state index in [9.17, 15) is 4.79 Å². The third-order valence-corrected chi connectivity index (χ3v) is 2.12. The number of carbonyl (C=O) groups excluding carboxylic acids is 1. The molecule has 4 nitrogen and oxygen atoms in total. The average Bonchev–Trinajstić information content (AvgIpc) is 2.63. The van der Waals surface area contributed by atoms with Crippen LogP contribution in [0.15, 0.2) is 0 Å². The molecule has 1 aliphatic rings. The van der Waals surface area contributed by atoms with Gasteiger partial charge in [-0.25, -0.2) is 4.79 Å². The molecule has 1 aliphatic carbocycles. The van der Waals surface area contributed by atoms with Crippen LogP contribution in [0.4, 0.5) is 4.79 Å². The number of amides is 1. The van der Waals surface area contributed by atoms with Crippen molar-refractivity contribution >= 4 is 6.09 Å². The van der Waals surface area contributed by atoms with E-state index in [-0.39, 0.29) is 18.7 Å². The molecule has 4 heteroatoms. The Morgan fingerprint density at radius 3 is 2.71 bits per heavy atom. The lowest BCUT2D eigenvalue weighted by Gasteiger charge is -2.19. The third kappa shape index (κ3) is 3.96. The summed E-state index contributed by atoms with van der Waals surface area (Å²) < 4.78 is 5.10. The maximum absolute atomic E-state index is 11.3. The van der Waals surface area contributed by atoms with Gasteiger partial charge in [-0.05, 0) is 39.5 Å². The molecular weight excluding hydrogens is 182 g/mol. The first-order chi connectivity index (χ1) is 6.42. The molecular formula is C10H19NO3. The molecule has 0 radical (unpaired) electrons. The number of hydrogen-bond acceptors (Lipinski definition) is 3. The highest BCUT2D eigenvalue weighted by Crippen LogP contribution is 2.33. The Bertz CT molecular complexity index is 210. The van der Waals surface area contributed by atoms with Crippen molar-refractivity contribution in [3.63, 3.8) is 0 Å². The number of nitrogens with one attached hydrogen (secondary N) is 1. The summed E-state index contributed by atoms with van der Waals surface area (Å²) in [5, 5.41) is 11.4. The van der Waals surface area contributed by atoms with Crippen LogP contribution in [0, 0.1) is 5.92 Å². The Kier molecular flexibility index (Phi) is 3.37. The van der Waals surface area contributed by atoms with Crippen LogP contribution in [0.3, 0.4) is 0 Å². The summed E-state index contributed by atoms with van der Waals surface area (Å²) in [7, 11) is 0. The standard InChI is InChI=1S/C10H19NO3/c1-10(2,3)14-9(13)11-8-6-7(8)4-5-12/h7-8,12H,4-6H2,1-3H3,(H,11,13)/t7-,8-/m1/s1. The zero-order chi connectivity index (χ0) is 10.8. The average molecular weight is 201 g/mol. The van der Waals surface area contributed by atoms with Gasteiger partial charge < -0.3 is 15.2 Å². The van der Waals surface area contributed by atoms with E-state index in [1.165, 1.54) is 0 Å². The fourth-order valence-corrected chi connectivity index (χ4v) is 1.37. The predicted octanol–water partition coefficient (Wildman–Crippen LogP) is 1.28. The van der Waals surface area contributed by atoms with Crippen molar-refractivity contribution in [2.45, 2.75) is 45.3 Å². The first kappa shape index (κ1) is 11.3. The summed E-state index contributed by atoms with van der Waals surface area (Å²) >= 11 is 0. The molecule has 0 heterocycles. The SMILES string of the molecule is CC(C)(C)OC(=O)N[C@@H]1C[C@H]1CCO. The van der Waals surface area contributed by atoms with E-state index < -0.39 is 5.60 Å². The summed E-state index contributed by atoms with van der Waals surface area (Å²) in [6, 6.07) is 0.206. The number of aliphatic hydroxyl groups excluding tert-OH is 1. The van der Waals surface area contributed by atoms with Crippen molar-refractivity contribution in [2.75, 3.05) is 6.61 Å². The second-order valence-electron chi connectivity index (χ2n) is 4.76. The highest BCUT2D eigenvalue weighted by atomic mass is 16.6. The molecule has 0 spiro atoms. The monoisotopic (exact) mass is 201 g/mol. The van der Waals surface area contributed by atoms with Gasteiger partial charge in [-0.15, -0.1) is 0 Å². The normalized spacial score (nSPS) is 25.7. The molecule has 1 rings (SSSR count). The van der Waals surface area contributed by atoms with Crippen molar-refractivity contribution in [3.8, 4) is 0 Å². The molecule has 1 fully saturated rings. The summed E-state index contributed by atoms with van der Waals surface area (Å²) in [5.41, 5.74) is -0.439. The molecule has 0 bridgehead atoms. The van der Waals surface area contributed by atoms with Crippen LogP contribution >= 0.6 is 0 Å². The highest BCUT2D eigenvalue weighted by molar-refractivity contribution is 5.68. The second kappa shape index (κ2) is 4.17. The number of carbonyl (C=O) groups is 1. The number of hydrogen-bond donors (Lipinski definition) is 2. The number of alkyl carbamates (subject to hydrolysis) is 1. The zero-order valence-corrected chi connectivity index (χ0v) is 9.04. The molecule has 2 atom stereocenters. The largest absolute Gasteiger partial charge is 0.444 e. The molecule has 1 amide bonds. The molecule has 1 saturated carbocycles. The molecule has 0 aromatic rings. The van der Waals surface area contributed by atoms with Crippen LogP contribution in [0.2, 0.25) is 0 Å². The lowest BCUT2D eigenvalue weighted by atomic mass is 10.2. The summed E-state index contributed by atoms with van der Waals surface area (Å²) in [5.74, 6) is 0.438. The van der Waals surface area contributed by atoms with Gasteiger partial charge in [0.15, 0.2) is 0 Å². The summed E-state index contributed by atoms with van der Waals surface area (Å²) in [6.07, 6.45) is 1.36. The minimum absolute atomic E-state index is 0.192. The molecule has 0 aromatic carbocycles. The van der Waals surface area contributed by atoms with Crippen molar-refractivity contribution < 1.29 is 14.6 Å². The van der Waals surface area contributed by atoms with Gasteiger partial charge in [0.1, 0.15) is 5.60 Å². The fourth-order valence-electron chi connectivity index (χ4n) is 1.37. The smallest absolute Gasteiger partial charge is 0.407 e. The van der Waals surface area contributed by atoms with Crippen molar-refractivity contribution in [3.05, 3.63) is 0 Å². The van der Waals surface area contributed by atoms with E-state index in [2.05, 4.69) is 5.32 Å². The van der Waals surface area contributed by atoms with Crippen LogP contribution in [-0.2, 0) is 4.74 Å². The molecule has 0 aliphatic heterocycles. The molecule has 0 aromatic heterocycles. The molecule has 14 heavy (non-hydrogen) atoms. The number of aliphatic hydroxyl groups is 1. The Hall–Kier alpha value is -0.770. The van der Waals surface area contributed by atoms with Crippen LogP contribution in [-0.4, -0.2) is 29.4 Å². The Morgan fingerprint density at radius 2 is 2.21 bits per heavy atom. The third-order valence-electron chi connectivity index (χ3n) is 2.12. The van der Waals surface area contributed by atoms with Crippen molar-refractivity contribution in [2.24, 2.45) is 5.92 Å². The maximum Gasteiger partial charge on any atom is 0.407 e. The molecule has 0 saturated heterocycles. The van der Waals surface area contributed by atoms with Gasteiger partial charge in [-0.3, -0.25) is 0 Å². The van der Waals surface area contributed by atoms with Crippen molar-refractivity contribution in [1.29, 1.82) is 0 Å². The van der Waals surface area contributed by atoms with E-state index in [0.29, 0.717) is 5.92 Å². The molecule has 0 unspecified atom stereocenters. The second-order valence-corrected chi connectivity index (χ2v) is 4.76. The Morgan fingerprint density at radius 1 is 1.57 bits per heavy atom. The van der Waals surface area contributed by atoms with Crippen LogP contribution in [0.5, 0.6) is 0 Å². The van der Waals surface area contributed by atoms with E-state index in [4.69, 9.17) is 9.84 Å². The van der Waals surface area contributed by atoms with E-state index >= 15 is 0 Å². The lowest BCUT2D eigenvalue weighted by molar-refractivity contribution is 0.0520. The summed E-state index contributed by atoms with van der Waals surface area (Å²) in [6.45, 7) is 5.71. The topological polar surface area (TPSA) is 58.6 Å². The van der Waals surface area contributed by atoms with Crippen LogP contribution < -0.4 is 5.32 Å². The van der Waals surface area contributed by atoms with Gasteiger partial charge in [0.05, 0.1) is 0 Å². The van der Waals surface area contributed by atoms with Crippen LogP contribution in [0.1, 0.15) is 33.6 Å². The Balaban J connectivity index is 2.17. The van der Waals surface area contributed by atoms with E-state index in [1.54, 1.807) is 0 Å². The Labute approximate surface area is 84.6 Å². The van der Waals surface area contributed by atoms with Gasteiger partial charge in [0.25, 0.3) is 0 Å². The van der Waals surface area contributed by atoms with Gasteiger partial charge in [-0.1, -0.05) is 0 Å². The van der Waals surface area contributed by atoms with Gasteiger partial charge in [0, 0.05) is 12.6 Å². The van der Waals surface area contributed by atoms with E-state index in [0.717, 1.165) is 12.8 Å². The molecule has 2 N–H and O–H groups in total. The zero-order valence-electron chi connectivity index (χ0n) is 9.04. The quantitative estimate of drug-likeness (QED) is 0.723. The minimum Gasteiger partial charge on any atom is -0.444 e. The van der Waals surface area contributed by atoms with Gasteiger partial charge in [-0.2, -0.15) is 0 Å². The predicted molar refractivity (Wildman–Crippen MR) is 53.0 cm³/mol. The van der Waals surface area contributed by atoms with Crippen LogP contribution in [0.25, 0.3) is 0 Å². The minimum atomic E-state index is -0.439. The highest BCUT2D eigenvalue weighted by Gasteiger charge is 2.38.